The first kappa shape index (κ1) is 19.8. The first-order chi connectivity index (χ1) is 14.5. The van der Waals surface area contributed by atoms with Crippen LogP contribution in [-0.4, -0.2) is 16.3 Å². The number of furan rings is 1. The molecule has 2 N–H and O–H groups in total. The van der Waals surface area contributed by atoms with Gasteiger partial charge in [0.2, 0.25) is 0 Å². The molecule has 0 spiro atoms. The Balaban J connectivity index is 1.46. The quantitative estimate of drug-likeness (QED) is 0.330. The summed E-state index contributed by atoms with van der Waals surface area (Å²) in [6.45, 7) is 2.10. The lowest BCUT2D eigenvalue weighted by Crippen LogP contribution is -2.30. The molecule has 3 aromatic rings. The van der Waals surface area contributed by atoms with Gasteiger partial charge in [-0.25, -0.2) is 0 Å². The summed E-state index contributed by atoms with van der Waals surface area (Å²) in [5.74, 6) is 0.817. The molecule has 1 fully saturated rings. The van der Waals surface area contributed by atoms with E-state index < -0.39 is 4.92 Å². The van der Waals surface area contributed by atoms with Crippen LogP contribution in [-0.2, 0) is 11.2 Å². The van der Waals surface area contributed by atoms with Crippen molar-refractivity contribution in [3.05, 3.63) is 87.0 Å². The topological polar surface area (TPSA) is 97.4 Å². The van der Waals surface area contributed by atoms with Crippen LogP contribution in [0.5, 0.6) is 0 Å². The maximum Gasteiger partial charge on any atom is 0.270 e. The molecule has 0 aliphatic carbocycles. The lowest BCUT2D eigenvalue weighted by molar-refractivity contribution is -0.384. The molecule has 0 saturated carbocycles. The highest BCUT2D eigenvalue weighted by Crippen LogP contribution is 2.32. The fourth-order valence-electron chi connectivity index (χ4n) is 3.04. The Kier molecular flexibility index (Phi) is 5.58. The number of nitrogens with zero attached hydrogens (tertiary/aromatic N) is 1. The highest BCUT2D eigenvalue weighted by Gasteiger charge is 2.27. The summed E-state index contributed by atoms with van der Waals surface area (Å²) in [6.07, 6.45) is 2.65. The molecule has 152 valence electrons. The van der Waals surface area contributed by atoms with Gasteiger partial charge in [0.15, 0.2) is 5.50 Å². The number of anilines is 1. The number of hydrogen-bond donors (Lipinski definition) is 2. The minimum absolute atomic E-state index is 0.00424. The Morgan fingerprint density at radius 3 is 2.73 bits per heavy atom. The number of aryl methyl sites for hydroxylation is 1. The second-order valence-electron chi connectivity index (χ2n) is 6.68. The van der Waals surface area contributed by atoms with E-state index in [1.54, 1.807) is 30.3 Å². The molecular weight excluding hydrogens is 402 g/mol. The number of nitrogens with one attached hydrogen (secondary N) is 2. The van der Waals surface area contributed by atoms with Crippen LogP contribution in [0.1, 0.15) is 18.2 Å². The van der Waals surface area contributed by atoms with Gasteiger partial charge in [-0.3, -0.25) is 14.9 Å². The zero-order chi connectivity index (χ0) is 21.1. The van der Waals surface area contributed by atoms with E-state index in [1.807, 2.05) is 12.1 Å². The third kappa shape index (κ3) is 4.38. The number of carbonyl (C=O) groups excluding carboxylic acids is 1. The van der Waals surface area contributed by atoms with Crippen LogP contribution in [0.3, 0.4) is 0 Å². The van der Waals surface area contributed by atoms with Crippen LogP contribution < -0.4 is 10.6 Å². The second-order valence-corrected chi connectivity index (χ2v) is 7.83. The predicted octanol–water partition coefficient (Wildman–Crippen LogP) is 5.02. The number of non-ortho nitro benzene ring substituents is 1. The normalized spacial score (nSPS) is 17.2. The van der Waals surface area contributed by atoms with Gasteiger partial charge in [0.05, 0.1) is 9.83 Å². The Morgan fingerprint density at radius 2 is 2.00 bits per heavy atom. The highest BCUT2D eigenvalue weighted by atomic mass is 32.2. The Bertz CT molecular complexity index is 1120. The van der Waals surface area contributed by atoms with Gasteiger partial charge in [0, 0.05) is 29.5 Å². The summed E-state index contributed by atoms with van der Waals surface area (Å²) in [6, 6.07) is 17.8. The molecule has 4 rings (SSSR count). The second kappa shape index (κ2) is 8.46. The maximum atomic E-state index is 12.3. The molecule has 30 heavy (non-hydrogen) atoms. The molecule has 0 radical (unpaired) electrons. The van der Waals surface area contributed by atoms with E-state index in [-0.39, 0.29) is 17.1 Å². The third-order valence-electron chi connectivity index (χ3n) is 4.63. The molecule has 0 unspecified atom stereocenters. The van der Waals surface area contributed by atoms with E-state index in [0.29, 0.717) is 22.0 Å². The number of benzene rings is 2. The van der Waals surface area contributed by atoms with Crippen LogP contribution in [0.2, 0.25) is 0 Å². The molecule has 1 atom stereocenters. The monoisotopic (exact) mass is 421 g/mol. The van der Waals surface area contributed by atoms with Crippen molar-refractivity contribution in [2.75, 3.05) is 5.32 Å². The molecule has 1 aromatic heterocycles. The Hall–Kier alpha value is -3.52. The van der Waals surface area contributed by atoms with Crippen LogP contribution >= 0.6 is 11.8 Å². The number of nitro benzene ring substituents is 1. The molecule has 2 heterocycles. The number of thioether (sulfide) groups is 1. The lowest BCUT2D eigenvalue weighted by atomic mass is 10.1. The zero-order valence-corrected chi connectivity index (χ0v) is 16.9. The van der Waals surface area contributed by atoms with E-state index in [0.717, 1.165) is 12.1 Å². The van der Waals surface area contributed by atoms with Gasteiger partial charge in [-0.15, -0.1) is 0 Å². The first-order valence-corrected chi connectivity index (χ1v) is 10.3. The molecule has 1 aliphatic heterocycles. The van der Waals surface area contributed by atoms with Crippen molar-refractivity contribution in [3.63, 3.8) is 0 Å². The first-order valence-electron chi connectivity index (χ1n) is 9.41. The highest BCUT2D eigenvalue weighted by molar-refractivity contribution is 8.05. The van der Waals surface area contributed by atoms with Gasteiger partial charge in [0.25, 0.3) is 11.6 Å². The van der Waals surface area contributed by atoms with Crippen LogP contribution in [0, 0.1) is 10.1 Å². The van der Waals surface area contributed by atoms with Crippen LogP contribution in [0.4, 0.5) is 11.4 Å². The molecule has 1 saturated heterocycles. The van der Waals surface area contributed by atoms with Crippen molar-refractivity contribution in [1.82, 2.24) is 5.32 Å². The molecule has 1 aliphatic rings. The smallest absolute Gasteiger partial charge is 0.270 e. The summed E-state index contributed by atoms with van der Waals surface area (Å²) >= 11 is 1.37. The number of carbonyl (C=O) groups is 1. The van der Waals surface area contributed by atoms with Gasteiger partial charge >= 0.3 is 0 Å². The minimum Gasteiger partial charge on any atom is -0.457 e. The molecule has 1 amide bonds. The van der Waals surface area contributed by atoms with Crippen molar-refractivity contribution in [3.8, 4) is 11.3 Å². The summed E-state index contributed by atoms with van der Waals surface area (Å²) in [4.78, 5) is 23.4. The largest absolute Gasteiger partial charge is 0.457 e. The van der Waals surface area contributed by atoms with Crippen molar-refractivity contribution < 1.29 is 14.1 Å². The van der Waals surface area contributed by atoms with E-state index >= 15 is 0 Å². The average molecular weight is 421 g/mol. The summed E-state index contributed by atoms with van der Waals surface area (Å²) in [5, 5.41) is 17.1. The fourth-order valence-corrected chi connectivity index (χ4v) is 4.01. The van der Waals surface area contributed by atoms with Crippen LogP contribution in [0.25, 0.3) is 17.4 Å². The number of rotatable bonds is 6. The van der Waals surface area contributed by atoms with Crippen LogP contribution in [0.15, 0.2) is 70.0 Å². The van der Waals surface area contributed by atoms with Gasteiger partial charge in [-0.1, -0.05) is 43.0 Å². The fraction of sp³-hybridized carbons (Fsp3) is 0.136. The van der Waals surface area contributed by atoms with Gasteiger partial charge in [0.1, 0.15) is 11.5 Å². The number of hydrogen-bond acceptors (Lipinski definition) is 6. The molecule has 7 nitrogen and oxygen atoms in total. The number of nitro groups is 1. The molecule has 0 bridgehead atoms. The minimum atomic E-state index is -0.447. The van der Waals surface area contributed by atoms with E-state index in [1.165, 1.54) is 29.5 Å². The standard InChI is InChI=1S/C22H19N3O4S/c1-2-14-6-8-16(9-7-14)23-22-24-21(26)20(30-22)13-18-10-11-19(29-18)15-4-3-5-17(12-15)25(27)28/h3-13,22-23H,2H2,1H3,(H,24,26)/b20-13-/t22-/m1/s1. The van der Waals surface area contributed by atoms with Gasteiger partial charge in [-0.2, -0.15) is 0 Å². The van der Waals surface area contributed by atoms with E-state index in [2.05, 4.69) is 29.7 Å². The predicted molar refractivity (Wildman–Crippen MR) is 118 cm³/mol. The van der Waals surface area contributed by atoms with E-state index in [9.17, 15) is 14.9 Å². The SMILES string of the molecule is CCc1ccc(N[C@@H]2NC(=O)/C(=C/c3ccc(-c4cccc([N+](=O)[O-])c4)o3)S2)cc1. The zero-order valence-electron chi connectivity index (χ0n) is 16.1. The summed E-state index contributed by atoms with van der Waals surface area (Å²) < 4.78 is 5.78. The van der Waals surface area contributed by atoms with Crippen molar-refractivity contribution in [1.29, 1.82) is 0 Å². The van der Waals surface area contributed by atoms with E-state index in [4.69, 9.17) is 4.42 Å². The number of amides is 1. The van der Waals surface area contributed by atoms with Gasteiger partial charge < -0.3 is 15.1 Å². The van der Waals surface area contributed by atoms with Crippen molar-refractivity contribution in [2.45, 2.75) is 18.8 Å². The summed E-state index contributed by atoms with van der Waals surface area (Å²) in [7, 11) is 0. The molecule has 2 aromatic carbocycles. The van der Waals surface area contributed by atoms with Crippen molar-refractivity contribution in [2.24, 2.45) is 0 Å². The lowest BCUT2D eigenvalue weighted by Gasteiger charge is -2.12. The maximum absolute atomic E-state index is 12.3. The Morgan fingerprint density at radius 1 is 1.20 bits per heavy atom. The third-order valence-corrected chi connectivity index (χ3v) is 5.66. The molecule has 8 heteroatoms. The van der Waals surface area contributed by atoms with Crippen molar-refractivity contribution >= 4 is 35.1 Å². The molecular formula is C22H19N3O4S. The Labute approximate surface area is 177 Å². The summed E-state index contributed by atoms with van der Waals surface area (Å²) in [5.41, 5.74) is 2.50. The average Bonchev–Trinajstić information content (AvgIpc) is 3.35. The van der Waals surface area contributed by atoms with Gasteiger partial charge in [-0.05, 0) is 36.2 Å².